The molecule has 3 nitrogen and oxygen atoms in total. The molecule has 2 N–H and O–H groups in total. The molecule has 2 unspecified atom stereocenters. The van der Waals surface area contributed by atoms with Crippen molar-refractivity contribution in [3.63, 3.8) is 0 Å². The van der Waals surface area contributed by atoms with E-state index >= 15 is 0 Å². The Morgan fingerprint density at radius 3 is 2.90 bits per heavy atom. The zero-order valence-electron chi connectivity index (χ0n) is 12.3. The predicted molar refractivity (Wildman–Crippen MR) is 89.1 cm³/mol. The maximum Gasteiger partial charge on any atom is 0.0850 e. The van der Waals surface area contributed by atoms with Gasteiger partial charge in [-0.25, -0.2) is 0 Å². The van der Waals surface area contributed by atoms with Crippen LogP contribution in [0.15, 0.2) is 29.2 Å². The van der Waals surface area contributed by atoms with Gasteiger partial charge in [-0.1, -0.05) is 36.7 Å². The maximum atomic E-state index is 6.46. The van der Waals surface area contributed by atoms with E-state index in [9.17, 15) is 0 Å². The summed E-state index contributed by atoms with van der Waals surface area (Å²) in [6.45, 7) is 2.07. The number of nitrogens with two attached hydrogens (primary N) is 1. The molecule has 0 bridgehead atoms. The van der Waals surface area contributed by atoms with E-state index in [4.69, 9.17) is 17.3 Å². The normalized spacial score (nSPS) is 18.8. The molecule has 21 heavy (non-hydrogen) atoms. The largest absolute Gasteiger partial charge is 0.326 e. The number of hydrogen-bond donors (Lipinski definition) is 1. The van der Waals surface area contributed by atoms with Crippen LogP contribution in [-0.2, 0) is 26.3 Å². The maximum absolute atomic E-state index is 6.46. The number of halogens is 1. The van der Waals surface area contributed by atoms with Crippen LogP contribution in [0.1, 0.15) is 23.9 Å². The molecular formula is C16H20ClN3S. The van der Waals surface area contributed by atoms with Crippen LogP contribution < -0.4 is 5.73 Å². The number of hydrogen-bond acceptors (Lipinski definition) is 3. The van der Waals surface area contributed by atoms with Gasteiger partial charge in [-0.3, -0.25) is 4.68 Å². The van der Waals surface area contributed by atoms with E-state index in [1.807, 2.05) is 23.5 Å². The molecule has 2 aromatic rings. The fourth-order valence-corrected chi connectivity index (χ4v) is 4.53. The highest BCUT2D eigenvalue weighted by Crippen LogP contribution is 2.38. The number of aromatic nitrogens is 2. The number of thioether (sulfide) groups is 1. The second-order valence-electron chi connectivity index (χ2n) is 5.52. The van der Waals surface area contributed by atoms with Gasteiger partial charge in [0.25, 0.3) is 0 Å². The first kappa shape index (κ1) is 14.9. The number of rotatable bonds is 4. The third-order valence-corrected chi connectivity index (χ3v) is 5.99. The Labute approximate surface area is 134 Å². The molecule has 0 saturated carbocycles. The van der Waals surface area contributed by atoms with E-state index in [-0.39, 0.29) is 6.04 Å². The van der Waals surface area contributed by atoms with Crippen LogP contribution in [0.4, 0.5) is 0 Å². The Hall–Kier alpha value is -0.970. The van der Waals surface area contributed by atoms with Crippen molar-refractivity contribution in [2.45, 2.75) is 42.4 Å². The molecule has 1 aromatic carbocycles. The van der Waals surface area contributed by atoms with Gasteiger partial charge in [0, 0.05) is 29.7 Å². The van der Waals surface area contributed by atoms with Crippen LogP contribution in [0.25, 0.3) is 0 Å². The van der Waals surface area contributed by atoms with E-state index in [0.717, 1.165) is 35.7 Å². The van der Waals surface area contributed by atoms with Gasteiger partial charge in [0.1, 0.15) is 0 Å². The Kier molecular flexibility index (Phi) is 4.29. The standard InChI is InChI=1S/C16H20ClN3S/c1-3-12-16(17)13(20(2)19-12)9-11(18)15-8-10-6-4-5-7-14(10)21-15/h4-7,11,15H,3,8-9,18H2,1-2H3. The minimum atomic E-state index is 0.0833. The lowest BCUT2D eigenvalue weighted by atomic mass is 10.0. The average Bonchev–Trinajstić information content (AvgIpc) is 3.03. The fourth-order valence-electron chi connectivity index (χ4n) is 2.84. The van der Waals surface area contributed by atoms with E-state index in [0.29, 0.717) is 5.25 Å². The van der Waals surface area contributed by atoms with Crippen LogP contribution in [0.5, 0.6) is 0 Å². The summed E-state index contributed by atoms with van der Waals surface area (Å²) in [6.07, 6.45) is 2.66. The molecule has 2 atom stereocenters. The first-order valence-electron chi connectivity index (χ1n) is 7.30. The van der Waals surface area contributed by atoms with Crippen LogP contribution in [0.2, 0.25) is 5.02 Å². The molecule has 0 saturated heterocycles. The summed E-state index contributed by atoms with van der Waals surface area (Å²) in [5, 5.41) is 5.67. The Bertz CT molecular complexity index is 628. The molecule has 1 aromatic heterocycles. The zero-order chi connectivity index (χ0) is 15.0. The molecule has 0 fully saturated rings. The van der Waals surface area contributed by atoms with Gasteiger partial charge in [0.05, 0.1) is 16.4 Å². The lowest BCUT2D eigenvalue weighted by molar-refractivity contribution is 0.593. The van der Waals surface area contributed by atoms with Crippen LogP contribution in [-0.4, -0.2) is 21.1 Å². The first-order chi connectivity index (χ1) is 10.1. The minimum absolute atomic E-state index is 0.0833. The molecule has 1 aliphatic heterocycles. The quantitative estimate of drug-likeness (QED) is 0.940. The zero-order valence-corrected chi connectivity index (χ0v) is 13.9. The van der Waals surface area contributed by atoms with Crippen LogP contribution in [0, 0.1) is 0 Å². The van der Waals surface area contributed by atoms with Gasteiger partial charge in [-0.2, -0.15) is 5.10 Å². The smallest absolute Gasteiger partial charge is 0.0850 e. The predicted octanol–water partition coefficient (Wildman–Crippen LogP) is 3.22. The summed E-state index contributed by atoms with van der Waals surface area (Å²) in [5.41, 5.74) is 9.88. The Morgan fingerprint density at radius 2 is 2.24 bits per heavy atom. The van der Waals surface area contributed by atoms with Gasteiger partial charge in [0.2, 0.25) is 0 Å². The molecule has 0 aliphatic carbocycles. The molecule has 112 valence electrons. The van der Waals surface area contributed by atoms with Crippen molar-refractivity contribution in [3.05, 3.63) is 46.2 Å². The third-order valence-electron chi connectivity index (χ3n) is 4.08. The molecule has 0 radical (unpaired) electrons. The number of fused-ring (bicyclic) bond motifs is 1. The molecule has 2 heterocycles. The number of aryl methyl sites for hydroxylation is 2. The highest BCUT2D eigenvalue weighted by Gasteiger charge is 2.28. The van der Waals surface area contributed by atoms with Gasteiger partial charge >= 0.3 is 0 Å². The number of benzene rings is 1. The molecule has 3 rings (SSSR count). The van der Waals surface area contributed by atoms with Gasteiger partial charge in [-0.05, 0) is 24.5 Å². The molecule has 1 aliphatic rings. The van der Waals surface area contributed by atoms with E-state index in [1.54, 1.807) is 0 Å². The molecule has 5 heteroatoms. The highest BCUT2D eigenvalue weighted by atomic mass is 35.5. The lowest BCUT2D eigenvalue weighted by Gasteiger charge is -2.18. The molecule has 0 spiro atoms. The summed E-state index contributed by atoms with van der Waals surface area (Å²) in [7, 11) is 1.95. The van der Waals surface area contributed by atoms with E-state index in [1.165, 1.54) is 10.5 Å². The van der Waals surface area contributed by atoms with Crippen molar-refractivity contribution in [1.82, 2.24) is 9.78 Å². The highest BCUT2D eigenvalue weighted by molar-refractivity contribution is 8.00. The minimum Gasteiger partial charge on any atom is -0.326 e. The fraction of sp³-hybridized carbons (Fsp3) is 0.438. The van der Waals surface area contributed by atoms with Crippen molar-refractivity contribution >= 4 is 23.4 Å². The summed E-state index contributed by atoms with van der Waals surface area (Å²) in [6, 6.07) is 8.64. The van der Waals surface area contributed by atoms with Gasteiger partial charge in [-0.15, -0.1) is 11.8 Å². The third kappa shape index (κ3) is 2.85. The van der Waals surface area contributed by atoms with Crippen molar-refractivity contribution in [2.24, 2.45) is 12.8 Å². The summed E-state index contributed by atoms with van der Waals surface area (Å²) in [4.78, 5) is 1.36. The summed E-state index contributed by atoms with van der Waals surface area (Å²) < 4.78 is 1.88. The molecular weight excluding hydrogens is 302 g/mol. The monoisotopic (exact) mass is 321 g/mol. The Balaban J connectivity index is 1.74. The number of nitrogens with zero attached hydrogens (tertiary/aromatic N) is 2. The Morgan fingerprint density at radius 1 is 1.48 bits per heavy atom. The van der Waals surface area contributed by atoms with E-state index < -0.39 is 0 Å². The topological polar surface area (TPSA) is 43.8 Å². The second kappa shape index (κ2) is 6.03. The van der Waals surface area contributed by atoms with E-state index in [2.05, 4.69) is 36.3 Å². The summed E-state index contributed by atoms with van der Waals surface area (Å²) in [5.74, 6) is 0. The SMILES string of the molecule is CCc1nn(C)c(CC(N)C2Cc3ccccc3S2)c1Cl. The van der Waals surface area contributed by atoms with Crippen molar-refractivity contribution in [2.75, 3.05) is 0 Å². The van der Waals surface area contributed by atoms with Crippen LogP contribution in [0.3, 0.4) is 0 Å². The lowest BCUT2D eigenvalue weighted by Crippen LogP contribution is -2.35. The van der Waals surface area contributed by atoms with Crippen LogP contribution >= 0.6 is 23.4 Å². The van der Waals surface area contributed by atoms with Crippen molar-refractivity contribution in [1.29, 1.82) is 0 Å². The van der Waals surface area contributed by atoms with Gasteiger partial charge in [0.15, 0.2) is 0 Å². The van der Waals surface area contributed by atoms with Crippen molar-refractivity contribution in [3.8, 4) is 0 Å². The van der Waals surface area contributed by atoms with Crippen molar-refractivity contribution < 1.29 is 0 Å². The average molecular weight is 322 g/mol. The summed E-state index contributed by atoms with van der Waals surface area (Å²) >= 11 is 8.31. The second-order valence-corrected chi connectivity index (χ2v) is 7.18. The first-order valence-corrected chi connectivity index (χ1v) is 8.56. The van der Waals surface area contributed by atoms with Gasteiger partial charge < -0.3 is 5.73 Å². The molecule has 0 amide bonds.